The maximum absolute atomic E-state index is 8.71. The van der Waals surface area contributed by atoms with Gasteiger partial charge in [0.05, 0.1) is 6.20 Å². The van der Waals surface area contributed by atoms with E-state index >= 15 is 0 Å². The molecule has 0 atom stereocenters. The van der Waals surface area contributed by atoms with Crippen molar-refractivity contribution < 1.29 is 4.74 Å². The molecule has 0 radical (unpaired) electrons. The van der Waals surface area contributed by atoms with Crippen LogP contribution in [-0.2, 0) is 0 Å². The number of rotatable bonds is 3. The van der Waals surface area contributed by atoms with Crippen molar-refractivity contribution in [1.29, 1.82) is 5.26 Å². The average molecular weight is 279 g/mol. The highest BCUT2D eigenvalue weighted by molar-refractivity contribution is 5.34. The molecule has 2 heterocycles. The van der Waals surface area contributed by atoms with Crippen LogP contribution >= 0.6 is 0 Å². The molecule has 0 amide bonds. The minimum absolute atomic E-state index is 0.392. The summed E-state index contributed by atoms with van der Waals surface area (Å²) in [6, 6.07) is 13.7. The Morgan fingerprint density at radius 1 is 1.05 bits per heavy atom. The predicted octanol–water partition coefficient (Wildman–Crippen LogP) is 3.21. The lowest BCUT2D eigenvalue weighted by molar-refractivity contribution is 0.458. The Morgan fingerprint density at radius 2 is 1.76 bits per heavy atom. The summed E-state index contributed by atoms with van der Waals surface area (Å²) < 4.78 is 5.74. The van der Waals surface area contributed by atoms with Crippen LogP contribution in [0.5, 0.6) is 11.5 Å². The summed E-state index contributed by atoms with van der Waals surface area (Å²) in [7, 11) is 0. The van der Waals surface area contributed by atoms with Crippen LogP contribution in [-0.4, -0.2) is 18.1 Å². The van der Waals surface area contributed by atoms with E-state index in [1.807, 2.05) is 18.2 Å². The first-order valence-corrected chi connectivity index (χ1v) is 7.20. The van der Waals surface area contributed by atoms with E-state index in [0.717, 1.165) is 18.8 Å². The lowest BCUT2D eigenvalue weighted by Crippen LogP contribution is -2.26. The Hall–Kier alpha value is -2.38. The van der Waals surface area contributed by atoms with Gasteiger partial charge < -0.3 is 10.1 Å². The normalized spacial score (nSPS) is 15.4. The van der Waals surface area contributed by atoms with Gasteiger partial charge in [0.25, 0.3) is 0 Å². The van der Waals surface area contributed by atoms with Crippen molar-refractivity contribution in [3.8, 4) is 17.6 Å². The minimum Gasteiger partial charge on any atom is -0.456 e. The van der Waals surface area contributed by atoms with Crippen LogP contribution in [0, 0.1) is 11.3 Å². The first-order chi connectivity index (χ1) is 10.3. The lowest BCUT2D eigenvalue weighted by atomic mass is 9.90. The first kappa shape index (κ1) is 13.6. The molecule has 4 nitrogen and oxygen atoms in total. The number of benzene rings is 1. The SMILES string of the molecule is N#Cc1ccc(Oc2ccc(C3CCNCC3)cc2)cn1. The van der Waals surface area contributed by atoms with Crippen molar-refractivity contribution in [2.24, 2.45) is 0 Å². The van der Waals surface area contributed by atoms with Gasteiger partial charge in [-0.2, -0.15) is 5.26 Å². The van der Waals surface area contributed by atoms with Crippen LogP contribution in [0.4, 0.5) is 0 Å². The van der Waals surface area contributed by atoms with Crippen molar-refractivity contribution in [2.75, 3.05) is 13.1 Å². The minimum atomic E-state index is 0.392. The highest BCUT2D eigenvalue weighted by Crippen LogP contribution is 2.28. The molecule has 1 fully saturated rings. The van der Waals surface area contributed by atoms with Gasteiger partial charge in [-0.15, -0.1) is 0 Å². The molecule has 21 heavy (non-hydrogen) atoms. The fourth-order valence-corrected chi connectivity index (χ4v) is 2.61. The highest BCUT2D eigenvalue weighted by Gasteiger charge is 2.14. The Labute approximate surface area is 124 Å². The number of hydrogen-bond acceptors (Lipinski definition) is 4. The second-order valence-corrected chi connectivity index (χ2v) is 5.19. The molecule has 0 saturated carbocycles. The van der Waals surface area contributed by atoms with Crippen molar-refractivity contribution in [2.45, 2.75) is 18.8 Å². The van der Waals surface area contributed by atoms with Crippen LogP contribution in [0.15, 0.2) is 42.6 Å². The van der Waals surface area contributed by atoms with Crippen LogP contribution < -0.4 is 10.1 Å². The summed E-state index contributed by atoms with van der Waals surface area (Å²) in [4.78, 5) is 3.99. The van der Waals surface area contributed by atoms with E-state index in [2.05, 4.69) is 22.4 Å². The monoisotopic (exact) mass is 279 g/mol. The van der Waals surface area contributed by atoms with Crippen LogP contribution in [0.25, 0.3) is 0 Å². The number of nitriles is 1. The number of aromatic nitrogens is 1. The largest absolute Gasteiger partial charge is 0.456 e. The maximum Gasteiger partial charge on any atom is 0.145 e. The van der Waals surface area contributed by atoms with Gasteiger partial charge in [-0.25, -0.2) is 4.98 Å². The maximum atomic E-state index is 8.71. The zero-order valence-electron chi connectivity index (χ0n) is 11.7. The van der Waals surface area contributed by atoms with Gasteiger partial charge in [0.2, 0.25) is 0 Å². The predicted molar refractivity (Wildman–Crippen MR) is 80.3 cm³/mol. The van der Waals surface area contributed by atoms with E-state index in [9.17, 15) is 0 Å². The van der Waals surface area contributed by atoms with Gasteiger partial charge in [-0.1, -0.05) is 12.1 Å². The summed E-state index contributed by atoms with van der Waals surface area (Å²) in [5.74, 6) is 2.08. The Morgan fingerprint density at radius 3 is 2.38 bits per heavy atom. The second-order valence-electron chi connectivity index (χ2n) is 5.19. The van der Waals surface area contributed by atoms with Gasteiger partial charge >= 0.3 is 0 Å². The zero-order chi connectivity index (χ0) is 14.5. The quantitative estimate of drug-likeness (QED) is 0.937. The number of hydrogen-bond donors (Lipinski definition) is 1. The lowest BCUT2D eigenvalue weighted by Gasteiger charge is -2.23. The summed E-state index contributed by atoms with van der Waals surface area (Å²) >= 11 is 0. The molecule has 0 bridgehead atoms. The third-order valence-corrected chi connectivity index (χ3v) is 3.78. The second kappa shape index (κ2) is 6.38. The van der Waals surface area contributed by atoms with Crippen molar-refractivity contribution in [3.05, 3.63) is 53.9 Å². The van der Waals surface area contributed by atoms with Gasteiger partial charge in [0.1, 0.15) is 23.3 Å². The van der Waals surface area contributed by atoms with Crippen molar-refractivity contribution in [1.82, 2.24) is 10.3 Å². The first-order valence-electron chi connectivity index (χ1n) is 7.20. The number of piperidine rings is 1. The van der Waals surface area contributed by atoms with Crippen molar-refractivity contribution >= 4 is 0 Å². The van der Waals surface area contributed by atoms with Crippen LogP contribution in [0.1, 0.15) is 30.0 Å². The number of nitrogens with one attached hydrogen (secondary N) is 1. The van der Waals surface area contributed by atoms with E-state index < -0.39 is 0 Å². The summed E-state index contributed by atoms with van der Waals surface area (Å²) in [5, 5.41) is 12.1. The molecule has 0 spiro atoms. The van der Waals surface area contributed by atoms with E-state index in [0.29, 0.717) is 17.4 Å². The van der Waals surface area contributed by atoms with Crippen molar-refractivity contribution in [3.63, 3.8) is 0 Å². The Bertz CT molecular complexity index is 623. The van der Waals surface area contributed by atoms with Gasteiger partial charge in [-0.05, 0) is 61.7 Å². The summed E-state index contributed by atoms with van der Waals surface area (Å²) in [6.45, 7) is 2.19. The average Bonchev–Trinajstić information content (AvgIpc) is 2.57. The summed E-state index contributed by atoms with van der Waals surface area (Å²) in [6.07, 6.45) is 3.96. The number of nitrogens with zero attached hydrogens (tertiary/aromatic N) is 2. The number of ether oxygens (including phenoxy) is 1. The third-order valence-electron chi connectivity index (χ3n) is 3.78. The van der Waals surface area contributed by atoms with E-state index in [1.54, 1.807) is 18.3 Å². The number of pyridine rings is 1. The fraction of sp³-hybridized carbons (Fsp3) is 0.294. The fourth-order valence-electron chi connectivity index (χ4n) is 2.61. The molecule has 1 aromatic heterocycles. The zero-order valence-corrected chi connectivity index (χ0v) is 11.7. The van der Waals surface area contributed by atoms with Crippen LogP contribution in [0.3, 0.4) is 0 Å². The molecule has 106 valence electrons. The molecule has 0 unspecified atom stereocenters. The molecule has 1 aromatic carbocycles. The molecule has 1 aliphatic heterocycles. The standard InChI is InChI=1S/C17H17N3O/c18-11-15-3-6-17(12-20-15)21-16-4-1-13(2-5-16)14-7-9-19-10-8-14/h1-6,12,14,19H,7-10H2. The van der Waals surface area contributed by atoms with Gasteiger partial charge in [0, 0.05) is 0 Å². The topological polar surface area (TPSA) is 57.9 Å². The van der Waals surface area contributed by atoms with E-state index in [4.69, 9.17) is 10.00 Å². The van der Waals surface area contributed by atoms with Gasteiger partial charge in [0.15, 0.2) is 0 Å². The molecule has 3 rings (SSSR count). The molecule has 1 aliphatic rings. The summed E-state index contributed by atoms with van der Waals surface area (Å²) in [5.41, 5.74) is 1.77. The molecule has 1 saturated heterocycles. The Balaban J connectivity index is 1.67. The third kappa shape index (κ3) is 3.39. The molecule has 4 heteroatoms. The molecular weight excluding hydrogens is 262 g/mol. The molecule has 2 aromatic rings. The molecule has 0 aliphatic carbocycles. The smallest absolute Gasteiger partial charge is 0.145 e. The molecular formula is C17H17N3O. The van der Waals surface area contributed by atoms with E-state index in [1.165, 1.54) is 18.4 Å². The highest BCUT2D eigenvalue weighted by atomic mass is 16.5. The van der Waals surface area contributed by atoms with Gasteiger partial charge in [-0.3, -0.25) is 0 Å². The van der Waals surface area contributed by atoms with Crippen LogP contribution in [0.2, 0.25) is 0 Å². The molecule has 1 N–H and O–H groups in total. The Kier molecular flexibility index (Phi) is 4.13. The van der Waals surface area contributed by atoms with E-state index in [-0.39, 0.29) is 0 Å².